The number of hydrogen-bond donors (Lipinski definition) is 1. The Labute approximate surface area is 167 Å². The summed E-state index contributed by atoms with van der Waals surface area (Å²) in [4.78, 5) is 24.7. The average molecular weight is 401 g/mol. The number of nitrogens with zero attached hydrogens (tertiary/aromatic N) is 2. The van der Waals surface area contributed by atoms with E-state index in [0.29, 0.717) is 42.3 Å². The van der Waals surface area contributed by atoms with Gasteiger partial charge in [-0.2, -0.15) is 5.10 Å². The first-order valence-corrected chi connectivity index (χ1v) is 9.64. The van der Waals surface area contributed by atoms with Crippen LogP contribution in [-0.2, 0) is 9.53 Å². The zero-order valence-electron chi connectivity index (χ0n) is 16.2. The molecule has 1 aromatic carbocycles. The maximum atomic E-state index is 12.4. The monoisotopic (exact) mass is 401 g/mol. The normalized spacial score (nSPS) is 15.8. The Bertz CT molecular complexity index is 886. The fraction of sp³-hybridized carbons (Fsp3) is 0.450. The zero-order chi connectivity index (χ0) is 20.2. The Balaban J connectivity index is 1.37. The van der Waals surface area contributed by atoms with Crippen LogP contribution in [0, 0.1) is 0 Å². The van der Waals surface area contributed by atoms with E-state index in [1.165, 1.54) is 19.2 Å². The van der Waals surface area contributed by atoms with Crippen molar-refractivity contribution in [2.45, 2.75) is 31.7 Å². The maximum absolute atomic E-state index is 12.4. The molecule has 1 aliphatic carbocycles. The van der Waals surface area contributed by atoms with E-state index in [9.17, 15) is 9.59 Å². The fourth-order valence-electron chi connectivity index (χ4n) is 3.64. The van der Waals surface area contributed by atoms with E-state index in [2.05, 4.69) is 10.4 Å². The molecule has 1 fully saturated rings. The summed E-state index contributed by atoms with van der Waals surface area (Å²) < 4.78 is 23.3. The van der Waals surface area contributed by atoms with Crippen LogP contribution in [0.2, 0.25) is 0 Å². The van der Waals surface area contributed by atoms with E-state index in [4.69, 9.17) is 18.9 Å². The van der Waals surface area contributed by atoms with Crippen molar-refractivity contribution in [3.05, 3.63) is 30.0 Å². The second-order valence-corrected chi connectivity index (χ2v) is 6.93. The molecular weight excluding hydrogens is 378 g/mol. The van der Waals surface area contributed by atoms with E-state index < -0.39 is 18.5 Å². The summed E-state index contributed by atoms with van der Waals surface area (Å²) in [5.41, 5.74) is 0.217. The van der Waals surface area contributed by atoms with E-state index in [1.54, 1.807) is 12.3 Å². The number of ether oxygens (including phenoxy) is 4. The molecule has 1 aromatic heterocycles. The largest absolute Gasteiger partial charge is 0.493 e. The van der Waals surface area contributed by atoms with Gasteiger partial charge in [0.1, 0.15) is 19.0 Å². The molecule has 154 valence electrons. The number of methoxy groups -OCH3 is 1. The van der Waals surface area contributed by atoms with Crippen molar-refractivity contribution in [3.8, 4) is 17.2 Å². The average Bonchev–Trinajstić information content (AvgIpc) is 3.42. The predicted molar refractivity (Wildman–Crippen MR) is 103 cm³/mol. The van der Waals surface area contributed by atoms with Crippen LogP contribution in [0.25, 0.3) is 0 Å². The SMILES string of the molecule is COc1cc(C(=O)OCC(=O)Nc2ccnn2C2CCCC2)cc2c1OCCO2. The van der Waals surface area contributed by atoms with Gasteiger partial charge in [0.25, 0.3) is 5.91 Å². The molecule has 1 amide bonds. The van der Waals surface area contributed by atoms with E-state index in [0.717, 1.165) is 25.7 Å². The van der Waals surface area contributed by atoms with Crippen LogP contribution < -0.4 is 19.5 Å². The molecule has 4 rings (SSSR count). The van der Waals surface area contributed by atoms with Crippen molar-refractivity contribution >= 4 is 17.7 Å². The lowest BCUT2D eigenvalue weighted by molar-refractivity contribution is -0.119. The van der Waals surface area contributed by atoms with Crippen molar-refractivity contribution in [2.24, 2.45) is 0 Å². The van der Waals surface area contributed by atoms with Gasteiger partial charge in [0.05, 0.1) is 24.9 Å². The highest BCUT2D eigenvalue weighted by atomic mass is 16.6. The highest BCUT2D eigenvalue weighted by molar-refractivity contribution is 5.95. The standard InChI is InChI=1S/C20H23N3O6/c1-26-15-10-13(11-16-19(15)28-9-8-27-16)20(25)29-12-18(24)22-17-6-7-21-23(17)14-4-2-3-5-14/h6-7,10-11,14H,2-5,8-9,12H2,1H3,(H,22,24). The number of hydrogen-bond acceptors (Lipinski definition) is 7. The van der Waals surface area contributed by atoms with Gasteiger partial charge in [0.2, 0.25) is 5.75 Å². The molecule has 2 heterocycles. The molecule has 2 aliphatic rings. The van der Waals surface area contributed by atoms with Crippen LogP contribution in [0.15, 0.2) is 24.4 Å². The number of fused-ring (bicyclic) bond motifs is 1. The van der Waals surface area contributed by atoms with Crippen LogP contribution in [0.3, 0.4) is 0 Å². The first kappa shape index (κ1) is 19.1. The molecule has 1 N–H and O–H groups in total. The minimum Gasteiger partial charge on any atom is -0.493 e. The minimum absolute atomic E-state index is 0.217. The lowest BCUT2D eigenvalue weighted by Crippen LogP contribution is -2.23. The van der Waals surface area contributed by atoms with Crippen molar-refractivity contribution in [1.29, 1.82) is 0 Å². The van der Waals surface area contributed by atoms with Crippen LogP contribution in [0.1, 0.15) is 42.1 Å². The number of amides is 1. The summed E-state index contributed by atoms with van der Waals surface area (Å²) in [7, 11) is 1.48. The number of aromatic nitrogens is 2. The number of anilines is 1. The van der Waals surface area contributed by atoms with Gasteiger partial charge < -0.3 is 24.3 Å². The van der Waals surface area contributed by atoms with Gasteiger partial charge in [-0.05, 0) is 25.0 Å². The second-order valence-electron chi connectivity index (χ2n) is 6.93. The number of esters is 1. The summed E-state index contributed by atoms with van der Waals surface area (Å²) >= 11 is 0. The summed E-state index contributed by atoms with van der Waals surface area (Å²) in [5.74, 6) is 0.765. The molecule has 0 spiro atoms. The zero-order valence-corrected chi connectivity index (χ0v) is 16.2. The lowest BCUT2D eigenvalue weighted by Gasteiger charge is -2.21. The van der Waals surface area contributed by atoms with Gasteiger partial charge >= 0.3 is 5.97 Å². The van der Waals surface area contributed by atoms with Crippen molar-refractivity contribution in [3.63, 3.8) is 0 Å². The molecule has 1 saturated carbocycles. The van der Waals surface area contributed by atoms with E-state index >= 15 is 0 Å². The third-order valence-corrected chi connectivity index (χ3v) is 5.01. The predicted octanol–water partition coefficient (Wildman–Crippen LogP) is 2.57. The molecule has 1 aliphatic heterocycles. The number of carbonyl (C=O) groups excluding carboxylic acids is 2. The molecule has 0 bridgehead atoms. The Morgan fingerprint density at radius 2 is 2.03 bits per heavy atom. The fourth-order valence-corrected chi connectivity index (χ4v) is 3.64. The van der Waals surface area contributed by atoms with Gasteiger partial charge in [-0.1, -0.05) is 12.8 Å². The van der Waals surface area contributed by atoms with Crippen molar-refractivity contribution < 1.29 is 28.5 Å². The molecule has 0 radical (unpaired) electrons. The first-order chi connectivity index (χ1) is 14.2. The topological polar surface area (TPSA) is 101 Å². The Morgan fingerprint density at radius 3 is 2.83 bits per heavy atom. The molecular formula is C20H23N3O6. The number of rotatable bonds is 6. The summed E-state index contributed by atoms with van der Waals surface area (Å²) in [6, 6.07) is 5.06. The first-order valence-electron chi connectivity index (χ1n) is 9.64. The van der Waals surface area contributed by atoms with Crippen LogP contribution in [0.5, 0.6) is 17.2 Å². The second kappa shape index (κ2) is 8.42. The van der Waals surface area contributed by atoms with E-state index in [-0.39, 0.29) is 5.56 Å². The Morgan fingerprint density at radius 1 is 1.24 bits per heavy atom. The van der Waals surface area contributed by atoms with Crippen LogP contribution in [-0.4, -0.2) is 48.6 Å². The highest BCUT2D eigenvalue weighted by Crippen LogP contribution is 2.40. The Kier molecular flexibility index (Phi) is 5.55. The van der Waals surface area contributed by atoms with Gasteiger partial charge in [0, 0.05) is 6.07 Å². The molecule has 29 heavy (non-hydrogen) atoms. The quantitative estimate of drug-likeness (QED) is 0.743. The molecule has 0 atom stereocenters. The van der Waals surface area contributed by atoms with Crippen LogP contribution in [0.4, 0.5) is 5.82 Å². The van der Waals surface area contributed by atoms with Crippen molar-refractivity contribution in [1.82, 2.24) is 9.78 Å². The number of benzene rings is 1. The van der Waals surface area contributed by atoms with Gasteiger partial charge in [-0.3, -0.25) is 4.79 Å². The lowest BCUT2D eigenvalue weighted by atomic mass is 10.1. The van der Waals surface area contributed by atoms with Crippen molar-refractivity contribution in [2.75, 3.05) is 32.2 Å². The highest BCUT2D eigenvalue weighted by Gasteiger charge is 2.23. The summed E-state index contributed by atoms with van der Waals surface area (Å²) in [6.07, 6.45) is 6.07. The molecule has 0 saturated heterocycles. The molecule has 9 heteroatoms. The minimum atomic E-state index is -0.653. The summed E-state index contributed by atoms with van der Waals surface area (Å²) in [5, 5.41) is 7.07. The van der Waals surface area contributed by atoms with Gasteiger partial charge in [-0.25, -0.2) is 9.48 Å². The molecule has 9 nitrogen and oxygen atoms in total. The van der Waals surface area contributed by atoms with Crippen LogP contribution >= 0.6 is 0 Å². The molecule has 0 unspecified atom stereocenters. The maximum Gasteiger partial charge on any atom is 0.338 e. The Hall–Kier alpha value is -3.23. The smallest absolute Gasteiger partial charge is 0.338 e. The van der Waals surface area contributed by atoms with Gasteiger partial charge in [0.15, 0.2) is 18.1 Å². The van der Waals surface area contributed by atoms with E-state index in [1.807, 2.05) is 4.68 Å². The van der Waals surface area contributed by atoms with Gasteiger partial charge in [-0.15, -0.1) is 0 Å². The molecule has 2 aromatic rings. The number of carbonyl (C=O) groups is 2. The summed E-state index contributed by atoms with van der Waals surface area (Å²) in [6.45, 7) is 0.377. The third kappa shape index (κ3) is 4.13. The third-order valence-electron chi connectivity index (χ3n) is 5.01. The number of nitrogens with one attached hydrogen (secondary N) is 1.